The Hall–Kier alpha value is -3.03. The lowest BCUT2D eigenvalue weighted by atomic mass is 10.1. The van der Waals surface area contributed by atoms with Crippen LogP contribution in [0.1, 0.15) is 10.4 Å². The number of carboxylic acid groups (broad SMARTS) is 1. The highest BCUT2D eigenvalue weighted by Crippen LogP contribution is 2.32. The van der Waals surface area contributed by atoms with Crippen molar-refractivity contribution in [3.05, 3.63) is 63.7 Å². The fourth-order valence-electron chi connectivity index (χ4n) is 1.77. The molecule has 0 atom stereocenters. The van der Waals surface area contributed by atoms with Crippen molar-refractivity contribution in [2.75, 3.05) is 5.32 Å². The minimum absolute atomic E-state index is 0.316. The number of aromatic carboxylic acids is 1. The number of nitrogens with one attached hydrogen (secondary N) is 1. The molecule has 6 nitrogen and oxygen atoms in total. The molecule has 0 aromatic heterocycles. The van der Waals surface area contributed by atoms with Gasteiger partial charge in [-0.25, -0.2) is 13.6 Å². The van der Waals surface area contributed by atoms with Crippen LogP contribution in [0.3, 0.4) is 0 Å². The van der Waals surface area contributed by atoms with E-state index in [4.69, 9.17) is 5.11 Å². The van der Waals surface area contributed by atoms with Crippen LogP contribution < -0.4 is 5.32 Å². The molecule has 8 heteroatoms. The Labute approximate surface area is 116 Å². The first-order valence-corrected chi connectivity index (χ1v) is 5.63. The highest BCUT2D eigenvalue weighted by molar-refractivity contribution is 5.96. The first kappa shape index (κ1) is 14.4. The quantitative estimate of drug-likeness (QED) is 0.666. The standard InChI is InChI=1S/C13H8F2N2O4/c14-8-4-2-5-9(15)11(8)16-10-6-1-3-7(13(18)19)12(10)17(20)21/h1-6,16H,(H,18,19). The minimum Gasteiger partial charge on any atom is -0.477 e. The number of halogens is 2. The van der Waals surface area contributed by atoms with Gasteiger partial charge < -0.3 is 10.4 Å². The van der Waals surface area contributed by atoms with E-state index in [-0.39, 0.29) is 5.69 Å². The second-order valence-electron chi connectivity index (χ2n) is 3.99. The van der Waals surface area contributed by atoms with Crippen LogP contribution in [-0.2, 0) is 0 Å². The Kier molecular flexibility index (Phi) is 3.79. The summed E-state index contributed by atoms with van der Waals surface area (Å²) >= 11 is 0. The molecule has 0 heterocycles. The number of hydrogen-bond donors (Lipinski definition) is 2. The van der Waals surface area contributed by atoms with Crippen LogP contribution in [-0.4, -0.2) is 16.0 Å². The summed E-state index contributed by atoms with van der Waals surface area (Å²) in [5, 5.41) is 22.2. The van der Waals surface area contributed by atoms with Crippen molar-refractivity contribution in [3.8, 4) is 0 Å². The molecule has 108 valence electrons. The van der Waals surface area contributed by atoms with Gasteiger partial charge in [-0.15, -0.1) is 0 Å². The third kappa shape index (κ3) is 2.78. The van der Waals surface area contributed by atoms with E-state index in [1.807, 2.05) is 0 Å². The van der Waals surface area contributed by atoms with Crippen molar-refractivity contribution in [2.24, 2.45) is 0 Å². The van der Waals surface area contributed by atoms with E-state index in [1.165, 1.54) is 6.07 Å². The smallest absolute Gasteiger partial charge is 0.342 e. The zero-order valence-electron chi connectivity index (χ0n) is 10.3. The summed E-state index contributed by atoms with van der Waals surface area (Å²) in [5.41, 5.74) is -2.26. The Morgan fingerprint density at radius 1 is 1.14 bits per heavy atom. The van der Waals surface area contributed by atoms with E-state index in [2.05, 4.69) is 5.32 Å². The van der Waals surface area contributed by atoms with Gasteiger partial charge in [-0.3, -0.25) is 10.1 Å². The van der Waals surface area contributed by atoms with Crippen LogP contribution >= 0.6 is 0 Å². The van der Waals surface area contributed by atoms with Crippen LogP contribution in [0.15, 0.2) is 36.4 Å². The second kappa shape index (κ2) is 5.53. The minimum atomic E-state index is -1.51. The molecule has 21 heavy (non-hydrogen) atoms. The molecule has 0 radical (unpaired) electrons. The molecule has 0 aliphatic heterocycles. The third-order valence-electron chi connectivity index (χ3n) is 2.67. The molecule has 0 aliphatic carbocycles. The fourth-order valence-corrected chi connectivity index (χ4v) is 1.77. The fraction of sp³-hybridized carbons (Fsp3) is 0. The lowest BCUT2D eigenvalue weighted by Crippen LogP contribution is -2.06. The van der Waals surface area contributed by atoms with E-state index in [0.717, 1.165) is 30.3 Å². The van der Waals surface area contributed by atoms with E-state index >= 15 is 0 Å². The summed E-state index contributed by atoms with van der Waals surface area (Å²) in [6.45, 7) is 0. The summed E-state index contributed by atoms with van der Waals surface area (Å²) in [6, 6.07) is 6.51. The molecule has 0 fully saturated rings. The first-order chi connectivity index (χ1) is 9.91. The third-order valence-corrected chi connectivity index (χ3v) is 2.67. The lowest BCUT2D eigenvalue weighted by Gasteiger charge is -2.10. The second-order valence-corrected chi connectivity index (χ2v) is 3.99. The van der Waals surface area contributed by atoms with Crippen LogP contribution in [0.25, 0.3) is 0 Å². The molecule has 2 aromatic carbocycles. The maximum absolute atomic E-state index is 13.5. The monoisotopic (exact) mass is 294 g/mol. The average molecular weight is 294 g/mol. The van der Waals surface area contributed by atoms with Gasteiger partial charge in [-0.05, 0) is 24.3 Å². The normalized spacial score (nSPS) is 10.2. The summed E-state index contributed by atoms with van der Waals surface area (Å²) in [5.74, 6) is -3.42. The van der Waals surface area contributed by atoms with Gasteiger partial charge in [0.2, 0.25) is 0 Å². The van der Waals surface area contributed by atoms with Gasteiger partial charge in [0.15, 0.2) is 0 Å². The van der Waals surface area contributed by atoms with Crippen molar-refractivity contribution < 1.29 is 23.6 Å². The maximum Gasteiger partial charge on any atom is 0.342 e. The van der Waals surface area contributed by atoms with E-state index in [9.17, 15) is 23.7 Å². The Morgan fingerprint density at radius 3 is 2.24 bits per heavy atom. The number of nitro benzene ring substituents is 1. The molecule has 0 bridgehead atoms. The highest BCUT2D eigenvalue weighted by Gasteiger charge is 2.25. The van der Waals surface area contributed by atoms with E-state index in [0.29, 0.717) is 0 Å². The number of benzene rings is 2. The van der Waals surface area contributed by atoms with E-state index in [1.54, 1.807) is 0 Å². The van der Waals surface area contributed by atoms with Crippen LogP contribution in [0.5, 0.6) is 0 Å². The van der Waals surface area contributed by atoms with Gasteiger partial charge in [0, 0.05) is 0 Å². The topological polar surface area (TPSA) is 92.5 Å². The predicted octanol–water partition coefficient (Wildman–Crippen LogP) is 3.31. The summed E-state index contributed by atoms with van der Waals surface area (Å²) in [6.07, 6.45) is 0. The van der Waals surface area contributed by atoms with Crippen molar-refractivity contribution >= 4 is 23.0 Å². The van der Waals surface area contributed by atoms with Gasteiger partial charge in [0.05, 0.1) is 4.92 Å². The van der Waals surface area contributed by atoms with Gasteiger partial charge in [-0.1, -0.05) is 12.1 Å². The number of rotatable bonds is 4. The van der Waals surface area contributed by atoms with Crippen LogP contribution in [0, 0.1) is 21.7 Å². The van der Waals surface area contributed by atoms with E-state index < -0.39 is 39.5 Å². The predicted molar refractivity (Wildman–Crippen MR) is 69.7 cm³/mol. The molecule has 0 aliphatic rings. The van der Waals surface area contributed by atoms with Crippen molar-refractivity contribution in [1.82, 2.24) is 0 Å². The molecule has 2 rings (SSSR count). The first-order valence-electron chi connectivity index (χ1n) is 5.63. The maximum atomic E-state index is 13.5. The molecule has 0 amide bonds. The van der Waals surface area contributed by atoms with Crippen molar-refractivity contribution in [1.29, 1.82) is 0 Å². The average Bonchev–Trinajstić information content (AvgIpc) is 2.42. The molecule has 2 aromatic rings. The Morgan fingerprint density at radius 2 is 1.71 bits per heavy atom. The SMILES string of the molecule is O=C(O)c1cccc(Nc2c(F)cccc2F)c1[N+](=O)[O-]. The molecular formula is C13H8F2N2O4. The molecule has 2 N–H and O–H groups in total. The Balaban J connectivity index is 2.57. The number of anilines is 2. The molecule has 0 saturated heterocycles. The number of para-hydroxylation sites is 2. The zero-order valence-corrected chi connectivity index (χ0v) is 10.3. The number of carbonyl (C=O) groups is 1. The zero-order chi connectivity index (χ0) is 15.6. The summed E-state index contributed by atoms with van der Waals surface area (Å²) in [4.78, 5) is 21.1. The molecular weight excluding hydrogens is 286 g/mol. The number of carboxylic acids is 1. The number of hydrogen-bond acceptors (Lipinski definition) is 4. The summed E-state index contributed by atoms with van der Waals surface area (Å²) in [7, 11) is 0. The number of nitro groups is 1. The van der Waals surface area contributed by atoms with Crippen LogP contribution in [0.4, 0.5) is 25.8 Å². The molecule has 0 unspecified atom stereocenters. The van der Waals surface area contributed by atoms with Gasteiger partial charge in [0.25, 0.3) is 0 Å². The van der Waals surface area contributed by atoms with Crippen LogP contribution in [0.2, 0.25) is 0 Å². The Bertz CT molecular complexity index is 714. The van der Waals surface area contributed by atoms with Crippen molar-refractivity contribution in [3.63, 3.8) is 0 Å². The lowest BCUT2D eigenvalue weighted by molar-refractivity contribution is -0.384. The largest absolute Gasteiger partial charge is 0.477 e. The summed E-state index contributed by atoms with van der Waals surface area (Å²) < 4.78 is 27.1. The van der Waals surface area contributed by atoms with Gasteiger partial charge in [-0.2, -0.15) is 0 Å². The van der Waals surface area contributed by atoms with Gasteiger partial charge >= 0.3 is 11.7 Å². The molecule has 0 saturated carbocycles. The van der Waals surface area contributed by atoms with Gasteiger partial charge in [0.1, 0.15) is 28.6 Å². The highest BCUT2D eigenvalue weighted by atomic mass is 19.1. The molecule has 0 spiro atoms. The number of nitrogens with zero attached hydrogens (tertiary/aromatic N) is 1. The van der Waals surface area contributed by atoms with Crippen molar-refractivity contribution in [2.45, 2.75) is 0 Å².